The van der Waals surface area contributed by atoms with Crippen molar-refractivity contribution in [3.05, 3.63) is 75.3 Å². The molecule has 3 aromatic rings. The van der Waals surface area contributed by atoms with Crippen LogP contribution in [0.1, 0.15) is 10.4 Å². The van der Waals surface area contributed by atoms with Crippen molar-refractivity contribution in [2.75, 3.05) is 12.4 Å². The molecule has 126 valence electrons. The van der Waals surface area contributed by atoms with Gasteiger partial charge in [-0.2, -0.15) is 0 Å². The van der Waals surface area contributed by atoms with Crippen molar-refractivity contribution in [2.45, 2.75) is 0 Å². The fourth-order valence-electron chi connectivity index (χ4n) is 2.49. The van der Waals surface area contributed by atoms with Crippen LogP contribution in [0, 0.1) is 10.1 Å². The van der Waals surface area contributed by atoms with E-state index in [1.54, 1.807) is 12.1 Å². The number of carbonyl (C=O) groups is 1. The number of methoxy groups -OCH3 is 1. The van der Waals surface area contributed by atoms with E-state index in [0.29, 0.717) is 11.3 Å². The summed E-state index contributed by atoms with van der Waals surface area (Å²) in [5, 5.41) is 15.4. The van der Waals surface area contributed by atoms with Crippen LogP contribution in [-0.4, -0.2) is 17.9 Å². The summed E-state index contributed by atoms with van der Waals surface area (Å²) in [5.74, 6) is -0.0149. The summed E-state index contributed by atoms with van der Waals surface area (Å²) in [5.41, 5.74) is 0.333. The lowest BCUT2D eigenvalue weighted by molar-refractivity contribution is -0.384. The minimum absolute atomic E-state index is 0.00582. The Labute approximate surface area is 148 Å². The minimum atomic E-state index is -0.603. The number of fused-ring (bicyclic) bond motifs is 1. The molecule has 0 heterocycles. The second-order valence-corrected chi connectivity index (χ2v) is 5.68. The van der Waals surface area contributed by atoms with Gasteiger partial charge in [-0.1, -0.05) is 35.9 Å². The van der Waals surface area contributed by atoms with Gasteiger partial charge in [-0.25, -0.2) is 0 Å². The largest absolute Gasteiger partial charge is 0.496 e. The molecule has 0 saturated heterocycles. The van der Waals surface area contributed by atoms with Crippen LogP contribution >= 0.6 is 11.6 Å². The smallest absolute Gasteiger partial charge is 0.289 e. The number of hydrogen-bond acceptors (Lipinski definition) is 4. The zero-order chi connectivity index (χ0) is 18.0. The molecule has 0 radical (unpaired) electrons. The molecule has 3 aromatic carbocycles. The van der Waals surface area contributed by atoms with Crippen molar-refractivity contribution >= 4 is 39.7 Å². The van der Waals surface area contributed by atoms with Gasteiger partial charge in [-0.05, 0) is 35.0 Å². The monoisotopic (exact) mass is 356 g/mol. The Hall–Kier alpha value is -3.12. The molecular weight excluding hydrogens is 344 g/mol. The van der Waals surface area contributed by atoms with Crippen LogP contribution in [0.5, 0.6) is 5.75 Å². The van der Waals surface area contributed by atoms with Gasteiger partial charge in [-0.15, -0.1) is 0 Å². The molecule has 1 N–H and O–H groups in total. The van der Waals surface area contributed by atoms with Gasteiger partial charge in [0.2, 0.25) is 0 Å². The van der Waals surface area contributed by atoms with Crippen molar-refractivity contribution in [3.63, 3.8) is 0 Å². The molecule has 0 aromatic heterocycles. The average Bonchev–Trinajstić information content (AvgIpc) is 2.61. The maximum Gasteiger partial charge on any atom is 0.289 e. The Morgan fingerprint density at radius 1 is 1.12 bits per heavy atom. The summed E-state index contributed by atoms with van der Waals surface area (Å²) < 4.78 is 5.30. The molecule has 3 rings (SSSR count). The molecule has 0 aliphatic heterocycles. The van der Waals surface area contributed by atoms with Crippen LogP contribution in [0.4, 0.5) is 11.4 Å². The fraction of sp³-hybridized carbons (Fsp3) is 0.0556. The van der Waals surface area contributed by atoms with E-state index < -0.39 is 10.8 Å². The Kier molecular flexibility index (Phi) is 4.54. The first-order valence-corrected chi connectivity index (χ1v) is 7.69. The third kappa shape index (κ3) is 3.39. The number of hydrogen-bond donors (Lipinski definition) is 1. The van der Waals surface area contributed by atoms with Gasteiger partial charge < -0.3 is 10.1 Å². The van der Waals surface area contributed by atoms with Gasteiger partial charge in [0.05, 0.1) is 17.6 Å². The summed E-state index contributed by atoms with van der Waals surface area (Å²) in [6.45, 7) is 0. The number of nitro benzene ring substituents is 1. The SMILES string of the molecule is COc1cc2ccccc2cc1C(=O)Nc1ccc(Cl)c([N+](=O)[O-])c1. The van der Waals surface area contributed by atoms with Gasteiger partial charge in [0, 0.05) is 11.8 Å². The number of nitrogens with zero attached hydrogens (tertiary/aromatic N) is 1. The van der Waals surface area contributed by atoms with E-state index in [-0.39, 0.29) is 16.4 Å². The third-order valence-electron chi connectivity index (χ3n) is 3.71. The number of nitrogens with one attached hydrogen (secondary N) is 1. The van der Waals surface area contributed by atoms with Crippen molar-refractivity contribution < 1.29 is 14.5 Å². The van der Waals surface area contributed by atoms with Gasteiger partial charge in [0.1, 0.15) is 10.8 Å². The number of ether oxygens (including phenoxy) is 1. The van der Waals surface area contributed by atoms with E-state index in [1.807, 2.05) is 24.3 Å². The minimum Gasteiger partial charge on any atom is -0.496 e. The van der Waals surface area contributed by atoms with Crippen molar-refractivity contribution in [2.24, 2.45) is 0 Å². The van der Waals surface area contributed by atoms with E-state index in [2.05, 4.69) is 5.32 Å². The number of rotatable bonds is 4. The van der Waals surface area contributed by atoms with Gasteiger partial charge >= 0.3 is 0 Å². The molecule has 0 aliphatic rings. The van der Waals surface area contributed by atoms with Gasteiger partial charge in [0.25, 0.3) is 11.6 Å². The maximum atomic E-state index is 12.6. The lowest BCUT2D eigenvalue weighted by Crippen LogP contribution is -2.13. The highest BCUT2D eigenvalue weighted by atomic mass is 35.5. The van der Waals surface area contributed by atoms with Crippen LogP contribution in [0.2, 0.25) is 5.02 Å². The van der Waals surface area contributed by atoms with E-state index >= 15 is 0 Å². The Balaban J connectivity index is 1.97. The average molecular weight is 357 g/mol. The van der Waals surface area contributed by atoms with Crippen molar-refractivity contribution in [3.8, 4) is 5.75 Å². The number of benzene rings is 3. The van der Waals surface area contributed by atoms with Crippen LogP contribution in [-0.2, 0) is 0 Å². The number of amides is 1. The quantitative estimate of drug-likeness (QED) is 0.544. The highest BCUT2D eigenvalue weighted by Crippen LogP contribution is 2.29. The molecule has 7 heteroatoms. The number of carbonyl (C=O) groups excluding carboxylic acids is 1. The van der Waals surface area contributed by atoms with Crippen LogP contribution in [0.15, 0.2) is 54.6 Å². The first-order valence-electron chi connectivity index (χ1n) is 7.31. The normalized spacial score (nSPS) is 10.5. The molecule has 0 saturated carbocycles. The lowest BCUT2D eigenvalue weighted by atomic mass is 10.1. The summed E-state index contributed by atoms with van der Waals surface area (Å²) in [4.78, 5) is 23.0. The number of halogens is 1. The highest BCUT2D eigenvalue weighted by Gasteiger charge is 2.17. The predicted molar refractivity (Wildman–Crippen MR) is 96.6 cm³/mol. The summed E-state index contributed by atoms with van der Waals surface area (Å²) >= 11 is 5.78. The molecular formula is C18H13ClN2O4. The zero-order valence-corrected chi connectivity index (χ0v) is 13.9. The Morgan fingerprint density at radius 2 is 1.80 bits per heavy atom. The molecule has 6 nitrogen and oxygen atoms in total. The van der Waals surface area contributed by atoms with Gasteiger partial charge in [0.15, 0.2) is 0 Å². The molecule has 0 unspecified atom stereocenters. The Morgan fingerprint density at radius 3 is 2.44 bits per heavy atom. The molecule has 0 fully saturated rings. The number of anilines is 1. The second-order valence-electron chi connectivity index (χ2n) is 5.28. The second kappa shape index (κ2) is 6.78. The van der Waals surface area contributed by atoms with Gasteiger partial charge in [-0.3, -0.25) is 14.9 Å². The third-order valence-corrected chi connectivity index (χ3v) is 4.03. The van der Waals surface area contributed by atoms with E-state index in [9.17, 15) is 14.9 Å². The first kappa shape index (κ1) is 16.7. The summed E-state index contributed by atoms with van der Waals surface area (Å²) in [7, 11) is 1.48. The zero-order valence-electron chi connectivity index (χ0n) is 13.2. The molecule has 0 bridgehead atoms. The van der Waals surface area contributed by atoms with E-state index in [0.717, 1.165) is 10.8 Å². The number of nitro groups is 1. The molecule has 0 aliphatic carbocycles. The highest BCUT2D eigenvalue weighted by molar-refractivity contribution is 6.32. The van der Waals surface area contributed by atoms with Crippen LogP contribution < -0.4 is 10.1 Å². The van der Waals surface area contributed by atoms with Crippen LogP contribution in [0.3, 0.4) is 0 Å². The topological polar surface area (TPSA) is 81.5 Å². The summed E-state index contributed by atoms with van der Waals surface area (Å²) in [6, 6.07) is 15.2. The van der Waals surface area contributed by atoms with Crippen molar-refractivity contribution in [1.82, 2.24) is 0 Å². The van der Waals surface area contributed by atoms with Crippen LogP contribution in [0.25, 0.3) is 10.8 Å². The molecule has 0 atom stereocenters. The maximum absolute atomic E-state index is 12.6. The predicted octanol–water partition coefficient (Wildman–Crippen LogP) is 4.66. The molecule has 1 amide bonds. The first-order chi connectivity index (χ1) is 12.0. The fourth-order valence-corrected chi connectivity index (χ4v) is 2.68. The Bertz CT molecular complexity index is 988. The standard InChI is InChI=1S/C18H13ClN2O4/c1-25-17-9-12-5-3-2-4-11(12)8-14(17)18(22)20-13-6-7-15(19)16(10-13)21(23)24/h2-10H,1H3,(H,20,22). The van der Waals surface area contributed by atoms with Crippen molar-refractivity contribution in [1.29, 1.82) is 0 Å². The van der Waals surface area contributed by atoms with E-state index in [4.69, 9.17) is 16.3 Å². The van der Waals surface area contributed by atoms with E-state index in [1.165, 1.54) is 25.3 Å². The summed E-state index contributed by atoms with van der Waals surface area (Å²) in [6.07, 6.45) is 0. The lowest BCUT2D eigenvalue weighted by Gasteiger charge is -2.11. The molecule has 0 spiro atoms. The molecule has 25 heavy (non-hydrogen) atoms.